The smallest absolute Gasteiger partial charge is 0.308 e. The number of hydrogen-bond acceptors (Lipinski definition) is 3. The third kappa shape index (κ3) is 2.78. The minimum absolute atomic E-state index is 0.222. The fourth-order valence-corrected chi connectivity index (χ4v) is 3.30. The lowest BCUT2D eigenvalue weighted by atomic mass is 9.96. The molecule has 0 unspecified atom stereocenters. The number of fused-ring (bicyclic) bond motifs is 1. The summed E-state index contributed by atoms with van der Waals surface area (Å²) in [5.41, 5.74) is 2.02. The Hall–Kier alpha value is -1.88. The van der Waals surface area contributed by atoms with E-state index in [0.717, 1.165) is 30.4 Å². The Kier molecular flexibility index (Phi) is 3.92. The molecule has 2 aliphatic rings. The van der Waals surface area contributed by atoms with Crippen molar-refractivity contribution < 1.29 is 19.4 Å². The minimum Gasteiger partial charge on any atom is -0.481 e. The van der Waals surface area contributed by atoms with E-state index in [-0.39, 0.29) is 11.9 Å². The van der Waals surface area contributed by atoms with Gasteiger partial charge in [-0.05, 0) is 30.4 Å². The van der Waals surface area contributed by atoms with Crippen molar-refractivity contribution in [3.05, 3.63) is 35.4 Å². The molecule has 0 bridgehead atoms. The van der Waals surface area contributed by atoms with E-state index in [0.29, 0.717) is 13.0 Å². The first-order valence-electron chi connectivity index (χ1n) is 7.39. The van der Waals surface area contributed by atoms with E-state index in [1.54, 1.807) is 0 Å². The number of aliphatic carboxylic acids is 1. The van der Waals surface area contributed by atoms with Gasteiger partial charge in [-0.2, -0.15) is 0 Å². The molecule has 1 aliphatic carbocycles. The van der Waals surface area contributed by atoms with Crippen LogP contribution in [0.3, 0.4) is 0 Å². The van der Waals surface area contributed by atoms with Crippen molar-refractivity contribution in [3.8, 4) is 0 Å². The highest BCUT2D eigenvalue weighted by molar-refractivity contribution is 5.84. The average Bonchev–Trinajstić information content (AvgIpc) is 2.95. The summed E-state index contributed by atoms with van der Waals surface area (Å²) in [6, 6.07) is 7.48. The molecule has 1 aromatic carbocycles. The highest BCUT2D eigenvalue weighted by atomic mass is 16.5. The van der Waals surface area contributed by atoms with E-state index in [9.17, 15) is 14.7 Å². The van der Waals surface area contributed by atoms with Crippen LogP contribution in [-0.2, 0) is 20.7 Å². The maximum atomic E-state index is 12.5. The fourth-order valence-electron chi connectivity index (χ4n) is 3.30. The van der Waals surface area contributed by atoms with Gasteiger partial charge in [-0.3, -0.25) is 9.59 Å². The lowest BCUT2D eigenvalue weighted by molar-refractivity contribution is -0.143. The molecule has 1 heterocycles. The summed E-state index contributed by atoms with van der Waals surface area (Å²) < 4.78 is 5.61. The van der Waals surface area contributed by atoms with Gasteiger partial charge < -0.3 is 15.2 Å². The van der Waals surface area contributed by atoms with E-state index < -0.39 is 18.0 Å². The van der Waals surface area contributed by atoms with Gasteiger partial charge in [0.1, 0.15) is 0 Å². The highest BCUT2D eigenvalue weighted by Gasteiger charge is 2.36. The number of carboxylic acid groups (broad SMARTS) is 1. The summed E-state index contributed by atoms with van der Waals surface area (Å²) in [7, 11) is 0. The Morgan fingerprint density at radius 3 is 2.86 bits per heavy atom. The van der Waals surface area contributed by atoms with Crippen molar-refractivity contribution in [2.75, 3.05) is 6.61 Å². The summed E-state index contributed by atoms with van der Waals surface area (Å²) in [4.78, 5) is 23.6. The molecule has 21 heavy (non-hydrogen) atoms. The van der Waals surface area contributed by atoms with Gasteiger partial charge in [-0.15, -0.1) is 0 Å². The van der Waals surface area contributed by atoms with E-state index >= 15 is 0 Å². The molecule has 0 spiro atoms. The van der Waals surface area contributed by atoms with E-state index in [2.05, 4.69) is 5.32 Å². The van der Waals surface area contributed by atoms with Gasteiger partial charge in [0.05, 0.1) is 12.5 Å². The van der Waals surface area contributed by atoms with E-state index in [1.807, 2.05) is 24.3 Å². The van der Waals surface area contributed by atoms with Crippen LogP contribution >= 0.6 is 0 Å². The number of amides is 1. The number of ether oxygens (including phenoxy) is 1. The van der Waals surface area contributed by atoms with Crippen LogP contribution in [0.4, 0.5) is 0 Å². The molecule has 1 aliphatic heterocycles. The van der Waals surface area contributed by atoms with Gasteiger partial charge in [0.15, 0.2) is 6.10 Å². The molecule has 2 N–H and O–H groups in total. The standard InChI is InChI=1S/C16H19NO4/c18-15(17-13-7-3-6-12(13)16(19)20)14-11-5-2-1-4-10(11)8-9-21-14/h1-2,4-5,12-14H,3,6-9H2,(H,17,18)(H,19,20)/t12-,13+,14-/m0/s1. The SMILES string of the molecule is O=C(N[C@@H]1CCC[C@@H]1C(=O)O)[C@H]1OCCc2ccccc21. The predicted octanol–water partition coefficient (Wildman–Crippen LogP) is 1.67. The molecule has 0 aromatic heterocycles. The van der Waals surface area contributed by atoms with Crippen LogP contribution in [0.5, 0.6) is 0 Å². The zero-order chi connectivity index (χ0) is 14.8. The number of hydrogen-bond donors (Lipinski definition) is 2. The van der Waals surface area contributed by atoms with Gasteiger partial charge in [-0.25, -0.2) is 0 Å². The summed E-state index contributed by atoms with van der Waals surface area (Å²) >= 11 is 0. The number of rotatable bonds is 3. The first-order valence-corrected chi connectivity index (χ1v) is 7.39. The summed E-state index contributed by atoms with van der Waals surface area (Å²) in [5, 5.41) is 12.1. The highest BCUT2D eigenvalue weighted by Crippen LogP contribution is 2.30. The lowest BCUT2D eigenvalue weighted by Crippen LogP contribution is -2.43. The first-order chi connectivity index (χ1) is 10.2. The van der Waals surface area contributed by atoms with Crippen LogP contribution in [0, 0.1) is 5.92 Å². The van der Waals surface area contributed by atoms with Crippen molar-refractivity contribution >= 4 is 11.9 Å². The second kappa shape index (κ2) is 5.85. The molecule has 1 amide bonds. The van der Waals surface area contributed by atoms with Crippen LogP contribution in [-0.4, -0.2) is 29.6 Å². The molecular weight excluding hydrogens is 270 g/mol. The van der Waals surface area contributed by atoms with Crippen molar-refractivity contribution in [3.63, 3.8) is 0 Å². The van der Waals surface area contributed by atoms with Gasteiger partial charge >= 0.3 is 5.97 Å². The van der Waals surface area contributed by atoms with Crippen LogP contribution < -0.4 is 5.32 Å². The van der Waals surface area contributed by atoms with Gasteiger partial charge in [0.2, 0.25) is 0 Å². The fraction of sp³-hybridized carbons (Fsp3) is 0.500. The number of carbonyl (C=O) groups is 2. The Labute approximate surface area is 123 Å². The molecule has 1 aromatic rings. The predicted molar refractivity (Wildman–Crippen MR) is 75.7 cm³/mol. The van der Waals surface area contributed by atoms with Crippen LogP contribution in [0.2, 0.25) is 0 Å². The van der Waals surface area contributed by atoms with E-state index in [4.69, 9.17) is 4.74 Å². The monoisotopic (exact) mass is 289 g/mol. The lowest BCUT2D eigenvalue weighted by Gasteiger charge is -2.27. The molecular formula is C16H19NO4. The zero-order valence-corrected chi connectivity index (χ0v) is 11.7. The quantitative estimate of drug-likeness (QED) is 0.887. The van der Waals surface area contributed by atoms with Crippen molar-refractivity contribution in [2.45, 2.75) is 37.8 Å². The number of nitrogens with one attached hydrogen (secondary N) is 1. The topological polar surface area (TPSA) is 75.6 Å². The Balaban J connectivity index is 1.73. The van der Waals surface area contributed by atoms with Crippen LogP contribution in [0.15, 0.2) is 24.3 Å². The van der Waals surface area contributed by atoms with Crippen LogP contribution in [0.1, 0.15) is 36.5 Å². The minimum atomic E-state index is -0.831. The summed E-state index contributed by atoms with van der Waals surface area (Å²) in [6.45, 7) is 0.516. The zero-order valence-electron chi connectivity index (χ0n) is 11.7. The van der Waals surface area contributed by atoms with Gasteiger partial charge in [0, 0.05) is 6.04 Å². The van der Waals surface area contributed by atoms with Crippen molar-refractivity contribution in [2.24, 2.45) is 5.92 Å². The Morgan fingerprint density at radius 2 is 2.05 bits per heavy atom. The largest absolute Gasteiger partial charge is 0.481 e. The average molecular weight is 289 g/mol. The maximum absolute atomic E-state index is 12.5. The number of benzene rings is 1. The third-order valence-corrected chi connectivity index (χ3v) is 4.39. The first kappa shape index (κ1) is 14.1. The number of carboxylic acids is 1. The van der Waals surface area contributed by atoms with Crippen LogP contribution in [0.25, 0.3) is 0 Å². The molecule has 1 fully saturated rings. The molecule has 3 rings (SSSR count). The number of carbonyl (C=O) groups excluding carboxylic acids is 1. The molecule has 1 saturated carbocycles. The molecule has 5 heteroatoms. The Morgan fingerprint density at radius 1 is 1.24 bits per heavy atom. The third-order valence-electron chi connectivity index (χ3n) is 4.39. The normalized spacial score (nSPS) is 27.9. The Bertz CT molecular complexity index is 557. The van der Waals surface area contributed by atoms with Crippen molar-refractivity contribution in [1.82, 2.24) is 5.32 Å². The van der Waals surface area contributed by atoms with Crippen molar-refractivity contribution in [1.29, 1.82) is 0 Å². The molecule has 112 valence electrons. The summed E-state index contributed by atoms with van der Waals surface area (Å²) in [6.07, 6.45) is 2.37. The summed E-state index contributed by atoms with van der Waals surface area (Å²) in [5.74, 6) is -1.53. The van der Waals surface area contributed by atoms with E-state index in [1.165, 1.54) is 0 Å². The molecule has 5 nitrogen and oxygen atoms in total. The second-order valence-corrected chi connectivity index (χ2v) is 5.69. The maximum Gasteiger partial charge on any atom is 0.308 e. The second-order valence-electron chi connectivity index (χ2n) is 5.69. The molecule has 3 atom stereocenters. The molecule has 0 saturated heterocycles. The molecule has 0 radical (unpaired) electrons. The van der Waals surface area contributed by atoms with Gasteiger partial charge in [-0.1, -0.05) is 30.7 Å². The van der Waals surface area contributed by atoms with Gasteiger partial charge in [0.25, 0.3) is 5.91 Å².